The van der Waals surface area contributed by atoms with Gasteiger partial charge < -0.3 is 5.32 Å². The molecule has 1 aromatic heterocycles. The van der Waals surface area contributed by atoms with Gasteiger partial charge in [-0.2, -0.15) is 13.2 Å². The first-order valence-electron chi connectivity index (χ1n) is 7.48. The molecule has 0 aliphatic carbocycles. The van der Waals surface area contributed by atoms with E-state index in [9.17, 15) is 18.0 Å². The van der Waals surface area contributed by atoms with Crippen molar-refractivity contribution in [1.29, 1.82) is 0 Å². The van der Waals surface area contributed by atoms with Crippen molar-refractivity contribution in [2.24, 2.45) is 0 Å². The summed E-state index contributed by atoms with van der Waals surface area (Å²) in [6.07, 6.45) is -4.55. The minimum Gasteiger partial charge on any atom is -0.321 e. The first-order chi connectivity index (χ1) is 11.8. The molecule has 25 heavy (non-hydrogen) atoms. The number of hydrogen-bond acceptors (Lipinski definition) is 3. The van der Waals surface area contributed by atoms with Gasteiger partial charge in [-0.3, -0.25) is 4.79 Å². The highest BCUT2D eigenvalue weighted by Gasteiger charge is 2.33. The number of halogens is 3. The molecule has 7 heteroatoms. The van der Waals surface area contributed by atoms with Gasteiger partial charge in [0.2, 0.25) is 0 Å². The van der Waals surface area contributed by atoms with Crippen LogP contribution in [0.5, 0.6) is 0 Å². The van der Waals surface area contributed by atoms with Gasteiger partial charge in [-0.15, -0.1) is 0 Å². The number of amides is 1. The van der Waals surface area contributed by atoms with Gasteiger partial charge in [0.25, 0.3) is 5.91 Å². The van der Waals surface area contributed by atoms with Crippen molar-refractivity contribution >= 4 is 22.6 Å². The molecule has 2 aromatic carbocycles. The summed E-state index contributed by atoms with van der Waals surface area (Å²) in [7, 11) is 0. The number of rotatable bonds is 2. The molecule has 1 amide bonds. The lowest BCUT2D eigenvalue weighted by atomic mass is 10.1. The number of carbonyl (C=O) groups is 1. The van der Waals surface area contributed by atoms with Crippen molar-refractivity contribution in [2.45, 2.75) is 20.0 Å². The number of nitrogens with one attached hydrogen (secondary N) is 1. The molecule has 0 spiro atoms. The molecule has 128 valence electrons. The van der Waals surface area contributed by atoms with Crippen LogP contribution in [0.2, 0.25) is 0 Å². The van der Waals surface area contributed by atoms with E-state index in [0.29, 0.717) is 11.0 Å². The van der Waals surface area contributed by atoms with E-state index in [0.717, 1.165) is 17.5 Å². The molecular formula is C18H14F3N3O. The Bertz CT molecular complexity index is 967. The maximum absolute atomic E-state index is 13.0. The Morgan fingerprint density at radius 3 is 2.28 bits per heavy atom. The average Bonchev–Trinajstić information content (AvgIpc) is 2.55. The summed E-state index contributed by atoms with van der Waals surface area (Å²) in [6, 6.07) is 9.50. The first kappa shape index (κ1) is 16.9. The normalized spacial score (nSPS) is 11.6. The van der Waals surface area contributed by atoms with E-state index in [4.69, 9.17) is 0 Å². The lowest BCUT2D eigenvalue weighted by molar-refractivity contribution is -0.136. The standard InChI is InChI=1S/C18H14F3N3O/c1-10-11(2)23-16-9-12(7-8-15(16)22-10)17(25)24-14-6-4-3-5-13(14)18(19,20)21/h3-9H,1-2H3,(H,24,25). The fraction of sp³-hybridized carbons (Fsp3) is 0.167. The minimum absolute atomic E-state index is 0.210. The zero-order valence-electron chi connectivity index (χ0n) is 13.5. The number of aromatic nitrogens is 2. The van der Waals surface area contributed by atoms with Gasteiger partial charge in [0.15, 0.2) is 0 Å². The largest absolute Gasteiger partial charge is 0.418 e. The number of carbonyl (C=O) groups excluding carboxylic acids is 1. The second kappa shape index (κ2) is 6.16. The molecule has 0 atom stereocenters. The number of alkyl halides is 3. The van der Waals surface area contributed by atoms with Crippen LogP contribution in [0.4, 0.5) is 18.9 Å². The van der Waals surface area contributed by atoms with E-state index >= 15 is 0 Å². The van der Waals surface area contributed by atoms with Crippen LogP contribution in [0.25, 0.3) is 11.0 Å². The Labute approximate surface area is 141 Å². The summed E-state index contributed by atoms with van der Waals surface area (Å²) in [4.78, 5) is 21.1. The monoisotopic (exact) mass is 345 g/mol. The average molecular weight is 345 g/mol. The minimum atomic E-state index is -4.55. The van der Waals surface area contributed by atoms with Crippen LogP contribution in [0.1, 0.15) is 27.3 Å². The van der Waals surface area contributed by atoms with Crippen LogP contribution in [-0.4, -0.2) is 15.9 Å². The van der Waals surface area contributed by atoms with E-state index in [2.05, 4.69) is 15.3 Å². The molecule has 3 rings (SSSR count). The van der Waals surface area contributed by atoms with Gasteiger partial charge in [-0.05, 0) is 44.2 Å². The lowest BCUT2D eigenvalue weighted by Crippen LogP contribution is -2.16. The molecule has 0 saturated carbocycles. The fourth-order valence-electron chi connectivity index (χ4n) is 2.41. The predicted octanol–water partition coefficient (Wildman–Crippen LogP) is 4.52. The third-order valence-electron chi connectivity index (χ3n) is 3.82. The van der Waals surface area contributed by atoms with Crippen molar-refractivity contribution in [3.63, 3.8) is 0 Å². The Hall–Kier alpha value is -2.96. The highest BCUT2D eigenvalue weighted by Crippen LogP contribution is 2.34. The van der Waals surface area contributed by atoms with E-state index in [1.165, 1.54) is 30.3 Å². The molecule has 1 N–H and O–H groups in total. The van der Waals surface area contributed by atoms with Crippen LogP contribution >= 0.6 is 0 Å². The van der Waals surface area contributed by atoms with E-state index in [1.54, 1.807) is 13.0 Å². The Morgan fingerprint density at radius 1 is 0.960 bits per heavy atom. The Morgan fingerprint density at radius 2 is 1.60 bits per heavy atom. The molecule has 1 heterocycles. The molecule has 0 aliphatic heterocycles. The number of hydrogen-bond donors (Lipinski definition) is 1. The first-order valence-corrected chi connectivity index (χ1v) is 7.48. The molecule has 4 nitrogen and oxygen atoms in total. The summed E-state index contributed by atoms with van der Waals surface area (Å²) < 4.78 is 39.1. The van der Waals surface area contributed by atoms with Crippen molar-refractivity contribution in [2.75, 3.05) is 5.32 Å². The van der Waals surface area contributed by atoms with Gasteiger partial charge in [0, 0.05) is 5.56 Å². The van der Waals surface area contributed by atoms with Crippen molar-refractivity contribution in [1.82, 2.24) is 9.97 Å². The molecule has 0 aliphatic rings. The zero-order valence-corrected chi connectivity index (χ0v) is 13.5. The highest BCUT2D eigenvalue weighted by atomic mass is 19.4. The number of benzene rings is 2. The number of fused-ring (bicyclic) bond motifs is 1. The van der Waals surface area contributed by atoms with Gasteiger partial charge in [-0.25, -0.2) is 9.97 Å². The maximum Gasteiger partial charge on any atom is 0.418 e. The Kier molecular flexibility index (Phi) is 4.16. The number of aryl methyl sites for hydroxylation is 2. The van der Waals surface area contributed by atoms with Crippen LogP contribution in [0, 0.1) is 13.8 Å². The Balaban J connectivity index is 1.95. The zero-order chi connectivity index (χ0) is 18.2. The topological polar surface area (TPSA) is 54.9 Å². The van der Waals surface area contributed by atoms with Crippen LogP contribution < -0.4 is 5.32 Å². The summed E-state index contributed by atoms with van der Waals surface area (Å²) >= 11 is 0. The van der Waals surface area contributed by atoms with Crippen LogP contribution in [-0.2, 0) is 6.18 Å². The molecule has 3 aromatic rings. The van der Waals surface area contributed by atoms with Crippen molar-refractivity contribution < 1.29 is 18.0 Å². The molecule has 0 fully saturated rings. The summed E-state index contributed by atoms with van der Waals surface area (Å²) in [5, 5.41) is 2.32. The highest BCUT2D eigenvalue weighted by molar-refractivity contribution is 6.06. The molecule has 0 radical (unpaired) electrons. The molecule has 0 bridgehead atoms. The smallest absolute Gasteiger partial charge is 0.321 e. The summed E-state index contributed by atoms with van der Waals surface area (Å²) in [5.41, 5.74) is 1.68. The van der Waals surface area contributed by atoms with Gasteiger partial charge in [-0.1, -0.05) is 12.1 Å². The van der Waals surface area contributed by atoms with Crippen LogP contribution in [0.3, 0.4) is 0 Å². The third-order valence-corrected chi connectivity index (χ3v) is 3.82. The molecule has 0 saturated heterocycles. The van der Waals surface area contributed by atoms with Gasteiger partial charge in [0.05, 0.1) is 33.7 Å². The maximum atomic E-state index is 13.0. The van der Waals surface area contributed by atoms with Crippen molar-refractivity contribution in [3.8, 4) is 0 Å². The summed E-state index contributed by atoms with van der Waals surface area (Å²) in [5.74, 6) is -0.640. The second-order valence-corrected chi connectivity index (χ2v) is 5.60. The molecular weight excluding hydrogens is 331 g/mol. The predicted molar refractivity (Wildman–Crippen MR) is 88.4 cm³/mol. The fourth-order valence-corrected chi connectivity index (χ4v) is 2.41. The molecule has 0 unspecified atom stereocenters. The van der Waals surface area contributed by atoms with Crippen LogP contribution in [0.15, 0.2) is 42.5 Å². The SMILES string of the molecule is Cc1nc2ccc(C(=O)Nc3ccccc3C(F)(F)F)cc2nc1C. The third kappa shape index (κ3) is 3.45. The van der Waals surface area contributed by atoms with Crippen molar-refractivity contribution in [3.05, 3.63) is 65.0 Å². The second-order valence-electron chi connectivity index (χ2n) is 5.60. The number of anilines is 1. The number of nitrogens with zero attached hydrogens (tertiary/aromatic N) is 2. The lowest BCUT2D eigenvalue weighted by Gasteiger charge is -2.13. The van der Waals surface area contributed by atoms with E-state index < -0.39 is 17.6 Å². The van der Waals surface area contributed by atoms with E-state index in [-0.39, 0.29) is 11.3 Å². The van der Waals surface area contributed by atoms with E-state index in [1.807, 2.05) is 6.92 Å². The van der Waals surface area contributed by atoms with Gasteiger partial charge >= 0.3 is 6.18 Å². The summed E-state index contributed by atoms with van der Waals surface area (Å²) in [6.45, 7) is 3.63. The number of para-hydroxylation sites is 1. The van der Waals surface area contributed by atoms with Gasteiger partial charge in [0.1, 0.15) is 0 Å². The quantitative estimate of drug-likeness (QED) is 0.743.